The summed E-state index contributed by atoms with van der Waals surface area (Å²) < 4.78 is 6.33. The first-order valence-corrected chi connectivity index (χ1v) is 17.6. The standard InChI is InChI=1S/C49H32N2O/c1-3-13-33(14-4-1)36-19-11-20-39(27-36)51(47-32-50-31-38-29-49-45(30-43(38)47)42-22-9-10-24-48(42)52-49)46-26-25-37(34-15-5-2-6-16-34)28-44(46)41-23-12-18-35-17-7-8-21-40(35)41/h1-32H. The lowest BCUT2D eigenvalue weighted by atomic mass is 9.92. The van der Waals surface area contributed by atoms with Gasteiger partial charge in [-0.15, -0.1) is 0 Å². The minimum atomic E-state index is 0.855. The molecule has 0 atom stereocenters. The zero-order chi connectivity index (χ0) is 34.4. The molecule has 3 nitrogen and oxygen atoms in total. The van der Waals surface area contributed by atoms with E-state index in [2.05, 4.69) is 175 Å². The van der Waals surface area contributed by atoms with Crippen LogP contribution in [0.15, 0.2) is 199 Å². The van der Waals surface area contributed by atoms with Gasteiger partial charge in [-0.2, -0.15) is 0 Å². The van der Waals surface area contributed by atoms with Gasteiger partial charge < -0.3 is 9.32 Å². The normalized spacial score (nSPS) is 11.5. The Morgan fingerprint density at radius 3 is 1.87 bits per heavy atom. The Balaban J connectivity index is 1.29. The number of anilines is 3. The zero-order valence-electron chi connectivity index (χ0n) is 28.3. The highest BCUT2D eigenvalue weighted by molar-refractivity contribution is 6.13. The molecule has 0 unspecified atom stereocenters. The van der Waals surface area contributed by atoms with E-state index in [1.807, 2.05) is 24.5 Å². The van der Waals surface area contributed by atoms with Gasteiger partial charge in [-0.3, -0.25) is 4.98 Å². The molecule has 0 N–H and O–H groups in total. The van der Waals surface area contributed by atoms with E-state index in [4.69, 9.17) is 9.40 Å². The first-order valence-electron chi connectivity index (χ1n) is 17.6. The average molecular weight is 665 g/mol. The predicted molar refractivity (Wildman–Crippen MR) is 218 cm³/mol. The van der Waals surface area contributed by atoms with Gasteiger partial charge in [-0.05, 0) is 81.1 Å². The van der Waals surface area contributed by atoms with Crippen molar-refractivity contribution in [2.45, 2.75) is 0 Å². The van der Waals surface area contributed by atoms with Crippen molar-refractivity contribution in [2.24, 2.45) is 0 Å². The van der Waals surface area contributed by atoms with Crippen molar-refractivity contribution in [3.63, 3.8) is 0 Å². The maximum absolute atomic E-state index is 6.33. The summed E-state index contributed by atoms with van der Waals surface area (Å²) in [5.41, 5.74) is 11.8. The van der Waals surface area contributed by atoms with Crippen LogP contribution >= 0.6 is 0 Å². The molecule has 2 aromatic heterocycles. The molecule has 2 heterocycles. The third kappa shape index (κ3) is 5.10. The fourth-order valence-corrected chi connectivity index (χ4v) is 7.63. The van der Waals surface area contributed by atoms with Gasteiger partial charge in [0.25, 0.3) is 0 Å². The van der Waals surface area contributed by atoms with E-state index in [9.17, 15) is 0 Å². The van der Waals surface area contributed by atoms with E-state index in [1.165, 1.54) is 27.5 Å². The number of aromatic nitrogens is 1. The smallest absolute Gasteiger partial charge is 0.136 e. The Morgan fingerprint density at radius 2 is 1.04 bits per heavy atom. The number of fused-ring (bicyclic) bond motifs is 5. The number of para-hydroxylation sites is 1. The summed E-state index contributed by atoms with van der Waals surface area (Å²) in [6.07, 6.45) is 3.94. The summed E-state index contributed by atoms with van der Waals surface area (Å²) in [5.74, 6) is 0. The average Bonchev–Trinajstić information content (AvgIpc) is 3.58. The highest BCUT2D eigenvalue weighted by Crippen LogP contribution is 2.47. The maximum Gasteiger partial charge on any atom is 0.136 e. The molecule has 0 saturated heterocycles. The molecule has 8 aromatic carbocycles. The monoisotopic (exact) mass is 664 g/mol. The Bertz CT molecular complexity index is 2910. The molecule has 10 aromatic rings. The summed E-state index contributed by atoms with van der Waals surface area (Å²) in [4.78, 5) is 7.25. The van der Waals surface area contributed by atoms with Crippen LogP contribution in [0.25, 0.3) is 76.9 Å². The van der Waals surface area contributed by atoms with Crippen LogP contribution in [0.5, 0.6) is 0 Å². The van der Waals surface area contributed by atoms with Gasteiger partial charge in [0.2, 0.25) is 0 Å². The van der Waals surface area contributed by atoms with Crippen LogP contribution in [0.2, 0.25) is 0 Å². The van der Waals surface area contributed by atoms with Gasteiger partial charge in [0.1, 0.15) is 11.2 Å². The number of nitrogens with zero attached hydrogens (tertiary/aromatic N) is 2. The second-order valence-electron chi connectivity index (χ2n) is 13.2. The Kier molecular flexibility index (Phi) is 7.14. The van der Waals surface area contributed by atoms with Gasteiger partial charge in [-0.1, -0.05) is 140 Å². The summed E-state index contributed by atoms with van der Waals surface area (Å²) in [6.45, 7) is 0. The van der Waals surface area contributed by atoms with E-state index >= 15 is 0 Å². The number of rotatable bonds is 6. The molecule has 0 saturated carbocycles. The van der Waals surface area contributed by atoms with E-state index in [0.717, 1.165) is 66.5 Å². The number of benzene rings is 8. The molecule has 244 valence electrons. The maximum atomic E-state index is 6.33. The molecule has 0 spiro atoms. The van der Waals surface area contributed by atoms with Crippen LogP contribution < -0.4 is 4.90 Å². The third-order valence-electron chi connectivity index (χ3n) is 10.1. The van der Waals surface area contributed by atoms with Gasteiger partial charge >= 0.3 is 0 Å². The fraction of sp³-hybridized carbons (Fsp3) is 0. The van der Waals surface area contributed by atoms with E-state index in [0.29, 0.717) is 0 Å². The highest BCUT2D eigenvalue weighted by Gasteiger charge is 2.23. The Hall–Kier alpha value is -6.97. The SMILES string of the molecule is c1ccc(-c2cccc(N(c3ccc(-c4ccccc4)cc3-c3cccc4ccccc34)c3cncc4cc5oc6ccccc6c5cc34)c2)cc1. The van der Waals surface area contributed by atoms with Crippen LogP contribution in [0, 0.1) is 0 Å². The van der Waals surface area contributed by atoms with Crippen molar-refractivity contribution in [2.75, 3.05) is 4.90 Å². The van der Waals surface area contributed by atoms with Gasteiger partial charge in [0.15, 0.2) is 0 Å². The van der Waals surface area contributed by atoms with Crippen molar-refractivity contribution in [1.82, 2.24) is 4.98 Å². The van der Waals surface area contributed by atoms with Crippen LogP contribution in [-0.2, 0) is 0 Å². The molecule has 0 aliphatic heterocycles. The van der Waals surface area contributed by atoms with E-state index < -0.39 is 0 Å². The Morgan fingerprint density at radius 1 is 0.365 bits per heavy atom. The largest absolute Gasteiger partial charge is 0.456 e. The third-order valence-corrected chi connectivity index (χ3v) is 10.1. The molecule has 3 heteroatoms. The van der Waals surface area contributed by atoms with Crippen LogP contribution in [0.3, 0.4) is 0 Å². The number of hydrogen-bond donors (Lipinski definition) is 0. The molecule has 0 amide bonds. The minimum Gasteiger partial charge on any atom is -0.456 e. The summed E-state index contributed by atoms with van der Waals surface area (Å²) in [5, 5.41) is 6.70. The molecule has 10 rings (SSSR count). The van der Waals surface area contributed by atoms with Crippen molar-refractivity contribution in [1.29, 1.82) is 0 Å². The van der Waals surface area contributed by atoms with E-state index in [-0.39, 0.29) is 0 Å². The van der Waals surface area contributed by atoms with Crippen LogP contribution in [0.4, 0.5) is 17.1 Å². The van der Waals surface area contributed by atoms with E-state index in [1.54, 1.807) is 0 Å². The molecule has 0 bridgehead atoms. The molecule has 0 aliphatic carbocycles. The van der Waals surface area contributed by atoms with Crippen molar-refractivity contribution in [3.05, 3.63) is 194 Å². The summed E-state index contributed by atoms with van der Waals surface area (Å²) >= 11 is 0. The first-order chi connectivity index (χ1) is 25.8. The van der Waals surface area contributed by atoms with Crippen molar-refractivity contribution < 1.29 is 4.42 Å². The van der Waals surface area contributed by atoms with Crippen LogP contribution in [-0.4, -0.2) is 4.98 Å². The van der Waals surface area contributed by atoms with Crippen LogP contribution in [0.1, 0.15) is 0 Å². The number of furan rings is 1. The molecule has 0 aliphatic rings. The van der Waals surface area contributed by atoms with Gasteiger partial charge in [0.05, 0.1) is 17.6 Å². The molecular weight excluding hydrogens is 633 g/mol. The second kappa shape index (κ2) is 12.4. The lowest BCUT2D eigenvalue weighted by molar-refractivity contribution is 0.669. The second-order valence-corrected chi connectivity index (χ2v) is 13.2. The summed E-state index contributed by atoms with van der Waals surface area (Å²) in [7, 11) is 0. The molecular formula is C49H32N2O. The number of pyridine rings is 1. The van der Waals surface area contributed by atoms with Crippen molar-refractivity contribution >= 4 is 60.5 Å². The molecule has 52 heavy (non-hydrogen) atoms. The zero-order valence-corrected chi connectivity index (χ0v) is 28.3. The van der Waals surface area contributed by atoms with Gasteiger partial charge in [-0.25, -0.2) is 0 Å². The highest BCUT2D eigenvalue weighted by atomic mass is 16.3. The predicted octanol–water partition coefficient (Wildman–Crippen LogP) is 13.8. The van der Waals surface area contributed by atoms with Gasteiger partial charge in [0, 0.05) is 39.0 Å². The molecule has 0 radical (unpaired) electrons. The number of hydrogen-bond acceptors (Lipinski definition) is 3. The minimum absolute atomic E-state index is 0.855. The first kappa shape index (κ1) is 29.9. The summed E-state index contributed by atoms with van der Waals surface area (Å²) in [6, 6.07) is 64.8. The topological polar surface area (TPSA) is 29.3 Å². The fourth-order valence-electron chi connectivity index (χ4n) is 7.63. The quantitative estimate of drug-likeness (QED) is 0.177. The van der Waals surface area contributed by atoms with Crippen molar-refractivity contribution in [3.8, 4) is 33.4 Å². The Labute approximate surface area is 301 Å². The lowest BCUT2D eigenvalue weighted by Gasteiger charge is -2.30. The lowest BCUT2D eigenvalue weighted by Crippen LogP contribution is -2.12. The molecule has 0 fully saturated rings.